The van der Waals surface area contributed by atoms with Gasteiger partial charge in [0, 0.05) is 88.1 Å². The number of aromatic nitrogens is 8. The first-order valence-electron chi connectivity index (χ1n) is 33.5. The van der Waals surface area contributed by atoms with E-state index in [9.17, 15) is 0 Å². The zero-order chi connectivity index (χ0) is 66.3. The van der Waals surface area contributed by atoms with E-state index in [1.165, 1.54) is 133 Å². The molecule has 8 aromatic carbocycles. The quantitative estimate of drug-likeness (QED) is 0.146. The van der Waals surface area contributed by atoms with Gasteiger partial charge in [0.05, 0.1) is 45.6 Å². The molecule has 1 radical (unpaired) electrons. The van der Waals surface area contributed by atoms with E-state index in [2.05, 4.69) is 266 Å². The van der Waals surface area contributed by atoms with Crippen LogP contribution in [0.2, 0.25) is 0 Å². The van der Waals surface area contributed by atoms with Gasteiger partial charge >= 0.3 is 17.1 Å². The Morgan fingerprint density at radius 2 is 0.330 bits per heavy atom. The predicted molar refractivity (Wildman–Crippen MR) is 403 cm³/mol. The van der Waals surface area contributed by atoms with Gasteiger partial charge in [-0.15, -0.1) is 22.1 Å². The molecule has 0 saturated carbocycles. The van der Waals surface area contributed by atoms with E-state index in [0.717, 1.165) is 133 Å². The number of hydrogen-bond donors (Lipinski definition) is 2. The van der Waals surface area contributed by atoms with Crippen LogP contribution in [0.4, 0.5) is 0 Å². The molecule has 0 atom stereocenters. The molecule has 0 unspecified atom stereocenters. The van der Waals surface area contributed by atoms with Crippen LogP contribution in [-0.4, -0.2) is 29.9 Å². The minimum atomic E-state index is 0. The summed E-state index contributed by atoms with van der Waals surface area (Å²) in [5.41, 5.74) is 44.9. The van der Waals surface area contributed by atoms with E-state index < -0.39 is 0 Å². The molecule has 10 heterocycles. The number of benzene rings is 8. The summed E-state index contributed by atoms with van der Waals surface area (Å²) in [6.45, 7) is 34.9. The number of aryl methyl sites for hydroxylation is 16. The molecule has 0 amide bonds. The van der Waals surface area contributed by atoms with Gasteiger partial charge in [0.15, 0.2) is 0 Å². The maximum absolute atomic E-state index is 5.35. The number of aromatic amines is 2. The van der Waals surface area contributed by atoms with Crippen molar-refractivity contribution in [1.29, 1.82) is 0 Å². The number of nitrogens with one attached hydrogen (secondary N) is 2. The van der Waals surface area contributed by atoms with E-state index in [0.29, 0.717) is 0 Å². The molecule has 18 rings (SSSR count). The van der Waals surface area contributed by atoms with E-state index >= 15 is 0 Å². The van der Waals surface area contributed by atoms with Crippen molar-refractivity contribution in [2.45, 2.75) is 111 Å². The molecular formula is C88H74CuN8. The second-order valence-corrected chi connectivity index (χ2v) is 28.2. The standard InChI is InChI=1S/C44H38N4.C44H36N4.Cu/c2*1-21-9-29-30(10-22(21)2)38-18-40-33-13-25(5)26(6)14-34(33)42(47-40)20-44-36-16-28(8)27(7)15-35(36)43(48-44)19-41-32-12-24(4)23(3)11-31(32)39(46-41)17-37(29)45-38;/h9-20,45,48H,1-8H3;9-20H,1-8H3;/q;-2;+2. The van der Waals surface area contributed by atoms with Crippen molar-refractivity contribution in [1.82, 2.24) is 39.9 Å². The number of rotatable bonds is 0. The van der Waals surface area contributed by atoms with Crippen molar-refractivity contribution in [2.24, 2.45) is 0 Å². The summed E-state index contributed by atoms with van der Waals surface area (Å²) >= 11 is 0. The summed E-state index contributed by atoms with van der Waals surface area (Å²) in [6.07, 6.45) is 0. The molecule has 16 bridgehead atoms. The first-order valence-corrected chi connectivity index (χ1v) is 33.5. The van der Waals surface area contributed by atoms with Crippen molar-refractivity contribution in [2.75, 3.05) is 0 Å². The fourth-order valence-electron chi connectivity index (χ4n) is 14.9. The van der Waals surface area contributed by atoms with Crippen LogP contribution < -0.4 is 9.97 Å². The van der Waals surface area contributed by atoms with Gasteiger partial charge in [-0.05, 0) is 343 Å². The molecule has 477 valence electrons. The summed E-state index contributed by atoms with van der Waals surface area (Å²) in [5, 5.41) is 9.30. The molecule has 0 saturated heterocycles. The van der Waals surface area contributed by atoms with Gasteiger partial charge in [-0.3, -0.25) is 0 Å². The van der Waals surface area contributed by atoms with Crippen LogP contribution in [0.3, 0.4) is 0 Å². The molecule has 6 aromatic heterocycles. The Bertz CT molecular complexity index is 5160. The molecule has 0 fully saturated rings. The van der Waals surface area contributed by atoms with Crippen molar-refractivity contribution in [3.05, 3.63) is 235 Å². The Morgan fingerprint density at radius 1 is 0.186 bits per heavy atom. The van der Waals surface area contributed by atoms with E-state index in [1.54, 1.807) is 0 Å². The summed E-state index contributed by atoms with van der Waals surface area (Å²) < 4.78 is 0. The number of H-pyrrole nitrogens is 2. The van der Waals surface area contributed by atoms with Crippen LogP contribution in [0, 0.1) is 111 Å². The molecule has 97 heavy (non-hydrogen) atoms. The Balaban J connectivity index is 0.000000151. The Kier molecular flexibility index (Phi) is 14.1. The Hall–Kier alpha value is -10.4. The van der Waals surface area contributed by atoms with Crippen molar-refractivity contribution >= 4 is 87.2 Å². The third kappa shape index (κ3) is 9.91. The fraction of sp³-hybridized carbons (Fsp3) is 0.182. The van der Waals surface area contributed by atoms with Gasteiger partial charge < -0.3 is 19.9 Å². The molecule has 9 heteroatoms. The SMILES string of the molecule is Cc1cc2c(cc1C)-c1cc3[n-]c(cc4nc(cc5[n-]c(cc-2n1)c1cc(C)c(C)cc51)-c1cc(C)c(C)cc1-4)c1cc(C)c(C)cc31.Cc1cc2c(cc1C)-c1cc3[nH]c(cc4nc(cc5[nH]c(cc-2n1)c1cc(C)c(C)cc51)-c1cc(C)c(C)cc1-4)c1cc(C)c(C)cc31.[Cu+2]. The molecule has 14 aromatic rings. The smallest absolute Gasteiger partial charge is 0.657 e. The second kappa shape index (κ2) is 22.3. The van der Waals surface area contributed by atoms with Crippen LogP contribution in [0.1, 0.15) is 89.0 Å². The van der Waals surface area contributed by atoms with Crippen molar-refractivity contribution < 1.29 is 17.1 Å². The van der Waals surface area contributed by atoms with Crippen LogP contribution in [0.15, 0.2) is 146 Å². The number of hydrogen-bond acceptors (Lipinski definition) is 4. The van der Waals surface area contributed by atoms with E-state index in [4.69, 9.17) is 29.9 Å². The normalized spacial score (nSPS) is 12.0. The van der Waals surface area contributed by atoms with Crippen LogP contribution in [0.5, 0.6) is 0 Å². The van der Waals surface area contributed by atoms with Gasteiger partial charge in [0.2, 0.25) is 0 Å². The third-order valence-electron chi connectivity index (χ3n) is 21.7. The summed E-state index contributed by atoms with van der Waals surface area (Å²) in [7, 11) is 0. The monoisotopic (exact) mass is 1310 g/mol. The summed E-state index contributed by atoms with van der Waals surface area (Å²) in [6, 6.07) is 54.3. The first kappa shape index (κ1) is 61.4. The maximum Gasteiger partial charge on any atom is 2.00 e. The molecular weight excluding hydrogens is 1230 g/mol. The van der Waals surface area contributed by atoms with Crippen LogP contribution in [0.25, 0.3) is 177 Å². The average molecular weight is 1310 g/mol. The van der Waals surface area contributed by atoms with Gasteiger partial charge in [-0.1, -0.05) is 24.3 Å². The fourth-order valence-corrected chi connectivity index (χ4v) is 14.9. The van der Waals surface area contributed by atoms with E-state index in [1.807, 2.05) is 0 Å². The second-order valence-electron chi connectivity index (χ2n) is 28.2. The van der Waals surface area contributed by atoms with Crippen molar-refractivity contribution in [3.8, 4) is 90.1 Å². The van der Waals surface area contributed by atoms with E-state index in [-0.39, 0.29) is 17.1 Å². The molecule has 8 nitrogen and oxygen atoms in total. The van der Waals surface area contributed by atoms with Gasteiger partial charge in [0.1, 0.15) is 0 Å². The first-order chi connectivity index (χ1) is 46.0. The number of fused-ring (bicyclic) bond motifs is 40. The average Bonchev–Trinajstić information content (AvgIpc) is 1.60. The zero-order valence-corrected chi connectivity index (χ0v) is 58.8. The predicted octanol–water partition coefficient (Wildman–Crippen LogP) is 22.8. The van der Waals surface area contributed by atoms with Crippen LogP contribution in [-0.2, 0) is 17.1 Å². The summed E-state index contributed by atoms with van der Waals surface area (Å²) in [5.74, 6) is 0. The molecule has 4 aliphatic rings. The topological polar surface area (TPSA) is 111 Å². The minimum Gasteiger partial charge on any atom is -0.657 e. The van der Waals surface area contributed by atoms with Gasteiger partial charge in [-0.25, -0.2) is 19.9 Å². The minimum absolute atomic E-state index is 0. The van der Waals surface area contributed by atoms with Gasteiger partial charge in [-0.2, -0.15) is 0 Å². The largest absolute Gasteiger partial charge is 2.00 e. The molecule has 0 spiro atoms. The third-order valence-corrected chi connectivity index (χ3v) is 21.7. The Labute approximate surface area is 575 Å². The Morgan fingerprint density at radius 3 is 0.505 bits per heavy atom. The van der Waals surface area contributed by atoms with Crippen LogP contribution >= 0.6 is 0 Å². The molecule has 4 aliphatic heterocycles. The van der Waals surface area contributed by atoms with Gasteiger partial charge in [0.25, 0.3) is 0 Å². The summed E-state index contributed by atoms with van der Waals surface area (Å²) in [4.78, 5) is 39.6. The zero-order valence-electron chi connectivity index (χ0n) is 57.8. The number of nitrogens with zero attached hydrogens (tertiary/aromatic N) is 6. The molecule has 2 N–H and O–H groups in total. The van der Waals surface area contributed by atoms with Crippen molar-refractivity contribution in [3.63, 3.8) is 0 Å². The maximum atomic E-state index is 5.35. The molecule has 0 aliphatic carbocycles.